The molecular weight excluding hydrogens is 240 g/mol. The van der Waals surface area contributed by atoms with Crippen LogP contribution < -0.4 is 10.5 Å². The minimum atomic E-state index is -3.77. The maximum absolute atomic E-state index is 11.4. The molecule has 1 saturated carbocycles. The van der Waals surface area contributed by atoms with Gasteiger partial charge in [-0.25, -0.2) is 21.6 Å². The monoisotopic (exact) mass is 256 g/mol. The first-order chi connectivity index (χ1) is 6.70. The molecule has 1 aliphatic carbocycles. The maximum atomic E-state index is 11.4. The summed E-state index contributed by atoms with van der Waals surface area (Å²) in [5.74, 6) is 0. The number of hydrogen-bond acceptors (Lipinski definition) is 5. The molecule has 0 aromatic heterocycles. The Kier molecular flexibility index (Phi) is 3.75. The van der Waals surface area contributed by atoms with Crippen molar-refractivity contribution in [1.29, 1.82) is 0 Å². The Bertz CT molecular complexity index is 414. The van der Waals surface area contributed by atoms with E-state index in [-0.39, 0.29) is 12.1 Å². The molecule has 0 aliphatic heterocycles. The molecule has 90 valence electrons. The van der Waals surface area contributed by atoms with Crippen LogP contribution in [0.15, 0.2) is 0 Å². The summed E-state index contributed by atoms with van der Waals surface area (Å²) in [4.78, 5) is 0. The molecule has 2 atom stereocenters. The smallest absolute Gasteiger partial charge is 0.226 e. The number of hydrogen-bond donors (Lipinski definition) is 2. The molecule has 8 heteroatoms. The zero-order valence-electron chi connectivity index (χ0n) is 8.51. The van der Waals surface area contributed by atoms with Gasteiger partial charge in [-0.15, -0.1) is 0 Å². The third-order valence-electron chi connectivity index (χ3n) is 2.27. The van der Waals surface area contributed by atoms with Crippen molar-refractivity contribution < 1.29 is 16.8 Å². The lowest BCUT2D eigenvalue weighted by atomic mass is 10.2. The van der Waals surface area contributed by atoms with E-state index in [1.165, 1.54) is 0 Å². The molecule has 0 aromatic rings. The third-order valence-corrected chi connectivity index (χ3v) is 5.89. The highest BCUT2D eigenvalue weighted by molar-refractivity contribution is 8.06. The first-order valence-corrected chi connectivity index (χ1v) is 8.34. The fraction of sp³-hybridized carbons (Fsp3) is 1.00. The Morgan fingerprint density at radius 3 is 2.27 bits per heavy atom. The lowest BCUT2D eigenvalue weighted by molar-refractivity contribution is 0.524. The fourth-order valence-electron chi connectivity index (χ4n) is 1.68. The molecule has 0 heterocycles. The fourth-order valence-corrected chi connectivity index (χ4v) is 4.96. The Morgan fingerprint density at radius 2 is 1.87 bits per heavy atom. The topological polar surface area (TPSA) is 106 Å². The second kappa shape index (κ2) is 4.36. The molecule has 15 heavy (non-hydrogen) atoms. The van der Waals surface area contributed by atoms with Crippen molar-refractivity contribution >= 4 is 19.9 Å². The van der Waals surface area contributed by atoms with E-state index in [9.17, 15) is 16.8 Å². The van der Waals surface area contributed by atoms with Crippen LogP contribution in [0.2, 0.25) is 0 Å². The van der Waals surface area contributed by atoms with Crippen molar-refractivity contribution in [3.8, 4) is 0 Å². The van der Waals surface area contributed by atoms with E-state index in [4.69, 9.17) is 5.73 Å². The lowest BCUT2D eigenvalue weighted by Gasteiger charge is -2.16. The van der Waals surface area contributed by atoms with Crippen LogP contribution in [-0.4, -0.2) is 40.3 Å². The van der Waals surface area contributed by atoms with Gasteiger partial charge in [0, 0.05) is 18.3 Å². The van der Waals surface area contributed by atoms with Crippen molar-refractivity contribution in [2.45, 2.75) is 31.3 Å². The Balaban J connectivity index is 2.64. The van der Waals surface area contributed by atoms with Crippen LogP contribution >= 0.6 is 0 Å². The zero-order chi connectivity index (χ0) is 11.7. The number of nitrogens with two attached hydrogens (primary N) is 1. The van der Waals surface area contributed by atoms with Crippen molar-refractivity contribution in [1.82, 2.24) is 4.72 Å². The van der Waals surface area contributed by atoms with E-state index < -0.39 is 24.9 Å². The minimum absolute atomic E-state index is 0.209. The molecule has 1 aliphatic rings. The van der Waals surface area contributed by atoms with Crippen molar-refractivity contribution in [2.24, 2.45) is 5.73 Å². The summed E-state index contributed by atoms with van der Waals surface area (Å²) >= 11 is 0. The van der Waals surface area contributed by atoms with Gasteiger partial charge in [-0.1, -0.05) is 6.42 Å². The standard InChI is InChI=1S/C7H16N2O4S2/c1-14(10,11)5-15(12,13)9-7-4-2-3-6(7)8/h6-7,9H,2-5,8H2,1H3. The highest BCUT2D eigenvalue weighted by atomic mass is 32.3. The van der Waals surface area contributed by atoms with Gasteiger partial charge in [0.1, 0.15) is 0 Å². The Hall–Kier alpha value is -0.180. The van der Waals surface area contributed by atoms with Gasteiger partial charge >= 0.3 is 0 Å². The van der Waals surface area contributed by atoms with Crippen molar-refractivity contribution in [2.75, 3.05) is 11.3 Å². The molecule has 1 rings (SSSR count). The molecule has 0 saturated heterocycles. The van der Waals surface area contributed by atoms with E-state index in [0.29, 0.717) is 6.42 Å². The van der Waals surface area contributed by atoms with Crippen LogP contribution in [0.1, 0.15) is 19.3 Å². The van der Waals surface area contributed by atoms with E-state index in [1.54, 1.807) is 0 Å². The number of nitrogens with one attached hydrogen (secondary N) is 1. The molecule has 3 N–H and O–H groups in total. The molecule has 0 aromatic carbocycles. The number of sulfone groups is 1. The van der Waals surface area contributed by atoms with Crippen LogP contribution in [0.5, 0.6) is 0 Å². The van der Waals surface area contributed by atoms with Gasteiger partial charge in [0.25, 0.3) is 0 Å². The summed E-state index contributed by atoms with van der Waals surface area (Å²) in [5.41, 5.74) is 5.67. The second-order valence-corrected chi connectivity index (χ2v) is 8.24. The number of sulfonamides is 1. The summed E-state index contributed by atoms with van der Waals surface area (Å²) in [7, 11) is -7.31. The Morgan fingerprint density at radius 1 is 1.27 bits per heavy atom. The third kappa shape index (κ3) is 4.45. The predicted molar refractivity (Wildman–Crippen MR) is 57.4 cm³/mol. The summed E-state index contributed by atoms with van der Waals surface area (Å²) in [5, 5.41) is -0.872. The van der Waals surface area contributed by atoms with Crippen LogP contribution in [0.25, 0.3) is 0 Å². The van der Waals surface area contributed by atoms with Gasteiger partial charge in [0.2, 0.25) is 10.0 Å². The molecule has 0 radical (unpaired) electrons. The van der Waals surface area contributed by atoms with Crippen molar-refractivity contribution in [3.63, 3.8) is 0 Å². The summed E-state index contributed by atoms with van der Waals surface area (Å²) in [6, 6.07) is -0.531. The largest absolute Gasteiger partial charge is 0.326 e. The molecule has 2 unspecified atom stereocenters. The molecule has 6 nitrogen and oxygen atoms in total. The first kappa shape index (κ1) is 12.9. The molecule has 0 amide bonds. The van der Waals surface area contributed by atoms with Gasteiger partial charge in [-0.05, 0) is 12.8 Å². The van der Waals surface area contributed by atoms with E-state index in [1.807, 2.05) is 0 Å². The summed E-state index contributed by atoms with van der Waals surface area (Å²) in [6.07, 6.45) is 3.20. The van der Waals surface area contributed by atoms with Crippen LogP contribution in [-0.2, 0) is 19.9 Å². The van der Waals surface area contributed by atoms with Crippen molar-refractivity contribution in [3.05, 3.63) is 0 Å². The highest BCUT2D eigenvalue weighted by Crippen LogP contribution is 2.17. The Labute approximate surface area is 90.2 Å². The normalized spacial score (nSPS) is 28.1. The van der Waals surface area contributed by atoms with E-state index in [2.05, 4.69) is 4.72 Å². The van der Waals surface area contributed by atoms with Crippen LogP contribution in [0.4, 0.5) is 0 Å². The second-order valence-electron chi connectivity index (χ2n) is 3.98. The molecular formula is C7H16N2O4S2. The average molecular weight is 256 g/mol. The first-order valence-electron chi connectivity index (χ1n) is 4.63. The van der Waals surface area contributed by atoms with Gasteiger partial charge < -0.3 is 5.73 Å². The summed E-state index contributed by atoms with van der Waals surface area (Å²) in [6.45, 7) is 0. The van der Waals surface area contributed by atoms with Crippen LogP contribution in [0.3, 0.4) is 0 Å². The predicted octanol–water partition coefficient (Wildman–Crippen LogP) is -1.21. The molecule has 0 spiro atoms. The van der Waals surface area contributed by atoms with Gasteiger partial charge in [-0.2, -0.15) is 0 Å². The van der Waals surface area contributed by atoms with Gasteiger partial charge in [0.15, 0.2) is 14.9 Å². The molecule has 0 bridgehead atoms. The highest BCUT2D eigenvalue weighted by Gasteiger charge is 2.29. The maximum Gasteiger partial charge on any atom is 0.226 e. The van der Waals surface area contributed by atoms with E-state index >= 15 is 0 Å². The average Bonchev–Trinajstić information content (AvgIpc) is 2.29. The molecule has 1 fully saturated rings. The quantitative estimate of drug-likeness (QED) is 0.656. The lowest BCUT2D eigenvalue weighted by Crippen LogP contribution is -2.45. The zero-order valence-corrected chi connectivity index (χ0v) is 10.1. The van der Waals surface area contributed by atoms with Gasteiger partial charge in [-0.3, -0.25) is 0 Å². The minimum Gasteiger partial charge on any atom is -0.326 e. The SMILES string of the molecule is CS(=O)(=O)CS(=O)(=O)NC1CCCC1N. The van der Waals surface area contributed by atoms with E-state index in [0.717, 1.165) is 19.1 Å². The van der Waals surface area contributed by atoms with Crippen LogP contribution in [0, 0.1) is 0 Å². The summed E-state index contributed by atoms with van der Waals surface area (Å²) < 4.78 is 46.8. The number of rotatable bonds is 4. The van der Waals surface area contributed by atoms with Gasteiger partial charge in [0.05, 0.1) is 0 Å².